The average Bonchev–Trinajstić information content (AvgIpc) is 3.29. The Bertz CT molecular complexity index is 1290. The Morgan fingerprint density at radius 3 is 1.45 bits per heavy atom. The molecule has 0 saturated carbocycles. The van der Waals surface area contributed by atoms with Crippen LogP contribution in [0, 0.1) is 0 Å². The summed E-state index contributed by atoms with van der Waals surface area (Å²) in [5.74, 6) is -0.403. The zero-order valence-electron chi connectivity index (χ0n) is 41.8. The molecule has 6 atom stereocenters. The first-order valence-corrected chi connectivity index (χ1v) is 28.1. The van der Waals surface area contributed by atoms with Gasteiger partial charge in [-0.05, 0) is 51.4 Å². The quantitative estimate of drug-likeness (QED) is 0.0197. The molecule has 13 heteroatoms. The van der Waals surface area contributed by atoms with Gasteiger partial charge in [-0.3, -0.25) is 9.35 Å². The molecule has 0 spiro atoms. The third kappa shape index (κ3) is 37.2. The summed E-state index contributed by atoms with van der Waals surface area (Å²) in [6.07, 6.45) is 44.6. The Morgan fingerprint density at radius 1 is 0.576 bits per heavy atom. The van der Waals surface area contributed by atoms with Crippen LogP contribution in [0.1, 0.15) is 232 Å². The maximum atomic E-state index is 12.9. The number of rotatable bonds is 47. The summed E-state index contributed by atoms with van der Waals surface area (Å²) in [6.45, 7) is 4.01. The molecule has 4 N–H and O–H groups in total. The van der Waals surface area contributed by atoms with Gasteiger partial charge in [-0.2, -0.15) is 8.42 Å². The SMILES string of the molecule is CCCCCCC/C=C\C/C=C\C/C=C\CCCCCCCCCCC(=O)OC(COCCCCCCCCCCCCCCCCCC)COC1OC(CO)C(O)C(OS(=O)(=O)O)C1O. The first-order valence-electron chi connectivity index (χ1n) is 26.7. The van der Waals surface area contributed by atoms with Crippen molar-refractivity contribution in [1.29, 1.82) is 0 Å². The van der Waals surface area contributed by atoms with Crippen LogP contribution in [0.2, 0.25) is 0 Å². The summed E-state index contributed by atoms with van der Waals surface area (Å²) in [6, 6.07) is 0. The normalized spacial score (nSPS) is 19.8. The minimum atomic E-state index is -5.06. The van der Waals surface area contributed by atoms with Gasteiger partial charge in [0.25, 0.3) is 0 Å². The van der Waals surface area contributed by atoms with Crippen LogP contribution in [0.25, 0.3) is 0 Å². The van der Waals surface area contributed by atoms with Gasteiger partial charge < -0.3 is 34.3 Å². The average molecular weight is 959 g/mol. The molecule has 66 heavy (non-hydrogen) atoms. The number of hydrogen-bond acceptors (Lipinski definition) is 11. The van der Waals surface area contributed by atoms with E-state index in [0.717, 1.165) is 57.8 Å². The highest BCUT2D eigenvalue weighted by Crippen LogP contribution is 2.26. The summed E-state index contributed by atoms with van der Waals surface area (Å²) < 4.78 is 59.3. The maximum absolute atomic E-state index is 12.9. The largest absolute Gasteiger partial charge is 0.457 e. The molecule has 6 unspecified atom stereocenters. The van der Waals surface area contributed by atoms with Crippen molar-refractivity contribution in [3.63, 3.8) is 0 Å². The molecule has 1 aliphatic rings. The highest BCUT2D eigenvalue weighted by molar-refractivity contribution is 7.80. The molecule has 0 aliphatic carbocycles. The lowest BCUT2D eigenvalue weighted by Gasteiger charge is -2.41. The summed E-state index contributed by atoms with van der Waals surface area (Å²) in [5, 5.41) is 30.8. The number of carbonyl (C=O) groups is 1. The second-order valence-electron chi connectivity index (χ2n) is 18.5. The second kappa shape index (κ2) is 44.5. The molecule has 1 rings (SSSR count). The molecule has 1 saturated heterocycles. The minimum Gasteiger partial charge on any atom is -0.457 e. The minimum absolute atomic E-state index is 0.0361. The Kier molecular flexibility index (Phi) is 42.1. The summed E-state index contributed by atoms with van der Waals surface area (Å²) in [7, 11) is -5.06. The Labute approximate surface area is 403 Å². The van der Waals surface area contributed by atoms with Crippen molar-refractivity contribution in [3.8, 4) is 0 Å². The second-order valence-corrected chi connectivity index (χ2v) is 19.5. The van der Waals surface area contributed by atoms with E-state index in [1.54, 1.807) is 0 Å². The van der Waals surface area contributed by atoms with E-state index in [-0.39, 0.29) is 19.6 Å². The van der Waals surface area contributed by atoms with Gasteiger partial charge in [-0.15, -0.1) is 0 Å². The molecule has 0 aromatic heterocycles. The Hall–Kier alpha value is -1.68. The molecule has 1 heterocycles. The van der Waals surface area contributed by atoms with Crippen LogP contribution in [0.3, 0.4) is 0 Å². The van der Waals surface area contributed by atoms with Crippen LogP contribution in [-0.4, -0.2) is 97.5 Å². The van der Waals surface area contributed by atoms with Crippen LogP contribution in [0.15, 0.2) is 36.5 Å². The number of carbonyl (C=O) groups excluding carboxylic acids is 1. The molecular formula is C53H98O12S. The van der Waals surface area contributed by atoms with Crippen LogP contribution in [0.5, 0.6) is 0 Å². The van der Waals surface area contributed by atoms with E-state index < -0.39 is 59.8 Å². The number of aliphatic hydroxyl groups excluding tert-OH is 3. The van der Waals surface area contributed by atoms with E-state index in [2.05, 4.69) is 54.5 Å². The summed E-state index contributed by atoms with van der Waals surface area (Å²) >= 11 is 0. The number of allylic oxidation sites excluding steroid dienone is 6. The summed E-state index contributed by atoms with van der Waals surface area (Å²) in [4.78, 5) is 12.9. The van der Waals surface area contributed by atoms with Crippen molar-refractivity contribution in [1.82, 2.24) is 0 Å². The van der Waals surface area contributed by atoms with Crippen molar-refractivity contribution in [2.45, 2.75) is 269 Å². The molecule has 0 bridgehead atoms. The highest BCUT2D eigenvalue weighted by Gasteiger charge is 2.48. The monoisotopic (exact) mass is 959 g/mol. The van der Waals surface area contributed by atoms with Gasteiger partial charge in [-0.25, -0.2) is 4.18 Å². The first kappa shape index (κ1) is 62.3. The van der Waals surface area contributed by atoms with Crippen molar-refractivity contribution in [2.75, 3.05) is 26.4 Å². The van der Waals surface area contributed by atoms with Gasteiger partial charge in [0, 0.05) is 13.0 Å². The van der Waals surface area contributed by atoms with Gasteiger partial charge in [0.1, 0.15) is 30.5 Å². The topological polar surface area (TPSA) is 178 Å². The van der Waals surface area contributed by atoms with Gasteiger partial charge in [-0.1, -0.05) is 211 Å². The molecular weight excluding hydrogens is 861 g/mol. The van der Waals surface area contributed by atoms with Gasteiger partial charge in [0.05, 0.1) is 19.8 Å². The van der Waals surface area contributed by atoms with E-state index >= 15 is 0 Å². The van der Waals surface area contributed by atoms with E-state index in [0.29, 0.717) is 13.0 Å². The molecule has 0 amide bonds. The fourth-order valence-corrected chi connectivity index (χ4v) is 8.72. The third-order valence-corrected chi connectivity index (χ3v) is 12.7. The molecule has 0 radical (unpaired) electrons. The highest BCUT2D eigenvalue weighted by atomic mass is 32.3. The van der Waals surface area contributed by atoms with Crippen molar-refractivity contribution >= 4 is 16.4 Å². The number of unbranched alkanes of at least 4 members (excludes halogenated alkanes) is 28. The van der Waals surface area contributed by atoms with Crippen LogP contribution < -0.4 is 0 Å². The molecule has 0 aromatic carbocycles. The Morgan fingerprint density at radius 2 is 1.00 bits per heavy atom. The maximum Gasteiger partial charge on any atom is 0.397 e. The van der Waals surface area contributed by atoms with Crippen LogP contribution >= 0.6 is 0 Å². The van der Waals surface area contributed by atoms with E-state index in [1.165, 1.54) is 148 Å². The van der Waals surface area contributed by atoms with E-state index in [9.17, 15) is 33.1 Å². The lowest BCUT2D eigenvalue weighted by molar-refractivity contribution is -0.301. The number of hydrogen-bond donors (Lipinski definition) is 4. The zero-order chi connectivity index (χ0) is 48.2. The molecule has 388 valence electrons. The standard InChI is InChI=1S/C53H98O12S/c1-3-5-7-9-11-13-15-17-19-21-22-23-24-25-26-27-28-30-32-34-36-38-40-42-49(55)63-47(46-62-53-51(57)52(65-66(58,59)60)50(56)48(44-54)64-53)45-61-43-41-39-37-35-33-31-29-20-18-16-14-12-10-8-6-4-2/h15,17,21-22,24-25,47-48,50-54,56-57H,3-14,16,18-20,23,26-46H2,1-2H3,(H,58,59,60)/b17-15-,22-21-,25-24-. The van der Waals surface area contributed by atoms with E-state index in [4.69, 9.17) is 18.9 Å². The lowest BCUT2D eigenvalue weighted by atomic mass is 9.99. The zero-order valence-corrected chi connectivity index (χ0v) is 42.6. The van der Waals surface area contributed by atoms with Crippen LogP contribution in [0.4, 0.5) is 0 Å². The first-order chi connectivity index (χ1) is 32.1. The molecule has 1 fully saturated rings. The summed E-state index contributed by atoms with van der Waals surface area (Å²) in [5.41, 5.74) is 0. The molecule has 0 aromatic rings. The predicted molar refractivity (Wildman–Crippen MR) is 267 cm³/mol. The fourth-order valence-electron chi connectivity index (χ4n) is 8.21. The fraction of sp³-hybridized carbons (Fsp3) is 0.868. The van der Waals surface area contributed by atoms with Crippen molar-refractivity contribution in [2.24, 2.45) is 0 Å². The molecule has 12 nitrogen and oxygen atoms in total. The predicted octanol–water partition coefficient (Wildman–Crippen LogP) is 12.5. The third-order valence-electron chi connectivity index (χ3n) is 12.3. The van der Waals surface area contributed by atoms with Crippen molar-refractivity contribution in [3.05, 3.63) is 36.5 Å². The number of ether oxygens (including phenoxy) is 4. The van der Waals surface area contributed by atoms with E-state index in [1.807, 2.05) is 0 Å². The van der Waals surface area contributed by atoms with Gasteiger partial charge in [0.15, 0.2) is 6.29 Å². The number of esters is 1. The lowest BCUT2D eigenvalue weighted by Crippen LogP contribution is -2.60. The molecule has 1 aliphatic heterocycles. The smallest absolute Gasteiger partial charge is 0.397 e. The van der Waals surface area contributed by atoms with Gasteiger partial charge >= 0.3 is 16.4 Å². The Balaban J connectivity index is 2.34. The van der Waals surface area contributed by atoms with Crippen LogP contribution in [-0.2, 0) is 38.3 Å². The number of aliphatic hydroxyl groups is 3. The van der Waals surface area contributed by atoms with Crippen molar-refractivity contribution < 1.29 is 56.2 Å². The van der Waals surface area contributed by atoms with Gasteiger partial charge in [0.2, 0.25) is 0 Å².